The second kappa shape index (κ2) is 21.1. The summed E-state index contributed by atoms with van der Waals surface area (Å²) in [7, 11) is 4.32. The molecular weight excluding hydrogens is 686 g/mol. The SMILES string of the molecule is CC(C)CCC(O)C(CC1CCCCC1)NC(=O)[C@H](Cc1cnc[nH]1)N(C)C(=O)C(Cc1ccccc1)OC(=O)N(C)N(C)C(=O)NCc1ccccc1. The van der Waals surface area contributed by atoms with Crippen LogP contribution in [0.5, 0.6) is 0 Å². The van der Waals surface area contributed by atoms with Crippen molar-refractivity contribution in [2.45, 2.75) is 109 Å². The van der Waals surface area contributed by atoms with Crippen molar-refractivity contribution in [2.75, 3.05) is 21.1 Å². The predicted octanol–water partition coefficient (Wildman–Crippen LogP) is 5.47. The highest BCUT2D eigenvalue weighted by molar-refractivity contribution is 5.91. The molecule has 1 saturated carbocycles. The fraction of sp³-hybridized carbons (Fsp3) is 0.537. The normalized spacial score (nSPS) is 15.4. The molecule has 0 spiro atoms. The van der Waals surface area contributed by atoms with Gasteiger partial charge in [0.2, 0.25) is 5.91 Å². The number of carbonyl (C=O) groups is 4. The number of hydrazine groups is 1. The molecule has 1 heterocycles. The van der Waals surface area contributed by atoms with Crippen molar-refractivity contribution >= 4 is 23.9 Å². The fourth-order valence-corrected chi connectivity index (χ4v) is 6.82. The molecule has 1 aliphatic rings. The summed E-state index contributed by atoms with van der Waals surface area (Å²) >= 11 is 0. The standard InChI is InChI=1S/C41H59N7O6/c1-29(2)21-22-36(49)34(23-30-15-9-6-10-16-30)45-38(50)35(25-33-27-42-28-44-33)46(3)39(51)37(24-31-17-11-7-12-18-31)54-41(53)48(5)47(4)40(52)43-26-32-19-13-8-14-20-32/h7-8,11-14,17-20,27-30,34-37,49H,6,9-10,15-16,21-26H2,1-5H3,(H,42,44)(H,43,52)(H,45,50)/t34?,35-,36?,37?/m0/s1. The number of imidazole rings is 1. The Labute approximate surface area is 319 Å². The van der Waals surface area contributed by atoms with Crippen molar-refractivity contribution in [3.8, 4) is 0 Å². The van der Waals surface area contributed by atoms with Gasteiger partial charge in [0.05, 0.1) is 18.5 Å². The van der Waals surface area contributed by atoms with Crippen LogP contribution in [0.2, 0.25) is 0 Å². The minimum absolute atomic E-state index is 0.0319. The van der Waals surface area contributed by atoms with E-state index >= 15 is 0 Å². The number of rotatable bonds is 17. The first-order valence-electron chi connectivity index (χ1n) is 19.2. The smallest absolute Gasteiger partial charge is 0.429 e. The maximum Gasteiger partial charge on any atom is 0.429 e. The zero-order chi connectivity index (χ0) is 39.0. The van der Waals surface area contributed by atoms with Gasteiger partial charge in [-0.25, -0.2) is 24.6 Å². The van der Waals surface area contributed by atoms with E-state index in [9.17, 15) is 24.3 Å². The zero-order valence-electron chi connectivity index (χ0n) is 32.4. The summed E-state index contributed by atoms with van der Waals surface area (Å²) in [4.78, 5) is 63.7. The van der Waals surface area contributed by atoms with Crippen molar-refractivity contribution in [3.05, 3.63) is 90.0 Å². The number of likely N-dealkylation sites (N-methyl/N-ethyl adjacent to an activating group) is 1. The molecule has 1 fully saturated rings. The topological polar surface area (TPSA) is 160 Å². The van der Waals surface area contributed by atoms with Crippen LogP contribution in [0.3, 0.4) is 0 Å². The summed E-state index contributed by atoms with van der Waals surface area (Å²) in [5.41, 5.74) is 2.27. The number of H-pyrrole nitrogens is 1. The number of aromatic amines is 1. The molecule has 0 aliphatic heterocycles. The second-order valence-electron chi connectivity index (χ2n) is 14.9. The van der Waals surface area contributed by atoms with Gasteiger partial charge in [-0.15, -0.1) is 0 Å². The van der Waals surface area contributed by atoms with Gasteiger partial charge in [-0.2, -0.15) is 0 Å². The van der Waals surface area contributed by atoms with Crippen LogP contribution in [0.4, 0.5) is 9.59 Å². The molecular formula is C41H59N7O6. The number of nitrogens with zero attached hydrogens (tertiary/aromatic N) is 4. The summed E-state index contributed by atoms with van der Waals surface area (Å²) in [6, 6.07) is 16.5. The van der Waals surface area contributed by atoms with Gasteiger partial charge in [0.1, 0.15) is 6.04 Å². The maximum absolute atomic E-state index is 14.4. The van der Waals surface area contributed by atoms with E-state index in [-0.39, 0.29) is 19.4 Å². The summed E-state index contributed by atoms with van der Waals surface area (Å²) in [5, 5.41) is 19.4. The first kappa shape index (κ1) is 41.8. The third-order valence-electron chi connectivity index (χ3n) is 10.3. The lowest BCUT2D eigenvalue weighted by molar-refractivity contribution is -0.147. The third kappa shape index (κ3) is 12.9. The summed E-state index contributed by atoms with van der Waals surface area (Å²) < 4.78 is 5.85. The molecule has 1 aromatic heterocycles. The number of aliphatic hydroxyl groups is 1. The van der Waals surface area contributed by atoms with Crippen molar-refractivity contribution in [1.82, 2.24) is 35.5 Å². The van der Waals surface area contributed by atoms with Gasteiger partial charge in [-0.05, 0) is 42.2 Å². The largest absolute Gasteiger partial charge is 0.434 e. The Morgan fingerprint density at radius 3 is 2.15 bits per heavy atom. The van der Waals surface area contributed by atoms with E-state index < -0.39 is 48.2 Å². The van der Waals surface area contributed by atoms with Gasteiger partial charge in [-0.3, -0.25) is 9.59 Å². The number of aromatic nitrogens is 2. The van der Waals surface area contributed by atoms with Crippen molar-refractivity contribution in [2.24, 2.45) is 11.8 Å². The lowest BCUT2D eigenvalue weighted by Gasteiger charge is -2.35. The summed E-state index contributed by atoms with van der Waals surface area (Å²) in [6.07, 6.45) is 7.88. The van der Waals surface area contributed by atoms with Crippen LogP contribution in [0.1, 0.15) is 82.0 Å². The minimum Gasteiger partial charge on any atom is -0.434 e. The monoisotopic (exact) mass is 745 g/mol. The lowest BCUT2D eigenvalue weighted by atomic mass is 9.83. The molecule has 0 bridgehead atoms. The van der Waals surface area contributed by atoms with Gasteiger partial charge in [0, 0.05) is 52.4 Å². The van der Waals surface area contributed by atoms with Gasteiger partial charge >= 0.3 is 12.1 Å². The van der Waals surface area contributed by atoms with E-state index in [0.717, 1.165) is 53.2 Å². The lowest BCUT2D eigenvalue weighted by Crippen LogP contribution is -2.56. The van der Waals surface area contributed by atoms with E-state index in [2.05, 4.69) is 34.4 Å². The highest BCUT2D eigenvalue weighted by atomic mass is 16.6. The van der Waals surface area contributed by atoms with Crippen LogP contribution in [-0.4, -0.2) is 99.4 Å². The van der Waals surface area contributed by atoms with Crippen LogP contribution in [-0.2, 0) is 33.7 Å². The Kier molecular flexibility index (Phi) is 16.3. The highest BCUT2D eigenvalue weighted by Gasteiger charge is 2.37. The fourth-order valence-electron chi connectivity index (χ4n) is 6.82. The average Bonchev–Trinajstić information content (AvgIpc) is 3.71. The molecule has 4 N–H and O–H groups in total. The molecule has 13 nitrogen and oxygen atoms in total. The predicted molar refractivity (Wildman–Crippen MR) is 207 cm³/mol. The Morgan fingerprint density at radius 2 is 1.54 bits per heavy atom. The number of ether oxygens (including phenoxy) is 1. The van der Waals surface area contributed by atoms with Crippen molar-refractivity contribution < 1.29 is 29.0 Å². The molecule has 294 valence electrons. The van der Waals surface area contributed by atoms with Crippen LogP contribution >= 0.6 is 0 Å². The number of aliphatic hydroxyl groups excluding tert-OH is 1. The van der Waals surface area contributed by atoms with Gasteiger partial charge in [0.15, 0.2) is 6.10 Å². The van der Waals surface area contributed by atoms with Crippen molar-refractivity contribution in [1.29, 1.82) is 0 Å². The van der Waals surface area contributed by atoms with Crippen LogP contribution in [0, 0.1) is 11.8 Å². The van der Waals surface area contributed by atoms with Crippen LogP contribution in [0.25, 0.3) is 0 Å². The summed E-state index contributed by atoms with van der Waals surface area (Å²) in [5.74, 6) is -0.218. The van der Waals surface area contributed by atoms with Crippen LogP contribution in [0.15, 0.2) is 73.2 Å². The average molecular weight is 746 g/mol. The molecule has 1 aliphatic carbocycles. The Bertz CT molecular complexity index is 1580. The van der Waals surface area contributed by atoms with E-state index in [1.807, 2.05) is 60.7 Å². The molecule has 5 amide bonds. The molecule has 13 heteroatoms. The Hall–Kier alpha value is -4.91. The first-order valence-corrected chi connectivity index (χ1v) is 19.2. The van der Waals surface area contributed by atoms with Gasteiger partial charge in [-0.1, -0.05) is 107 Å². The Balaban J connectivity index is 1.54. The highest BCUT2D eigenvalue weighted by Crippen LogP contribution is 2.29. The van der Waals surface area contributed by atoms with E-state index in [1.165, 1.54) is 38.8 Å². The maximum atomic E-state index is 14.4. The van der Waals surface area contributed by atoms with Gasteiger partial charge < -0.3 is 30.4 Å². The quantitative estimate of drug-likeness (QED) is 0.133. The molecule has 3 aromatic rings. The third-order valence-corrected chi connectivity index (χ3v) is 10.3. The van der Waals surface area contributed by atoms with Crippen LogP contribution < -0.4 is 10.6 Å². The number of urea groups is 1. The number of hydrogen-bond acceptors (Lipinski definition) is 7. The second-order valence-corrected chi connectivity index (χ2v) is 14.9. The molecule has 4 atom stereocenters. The number of hydrogen-bond donors (Lipinski definition) is 4. The van der Waals surface area contributed by atoms with Crippen molar-refractivity contribution in [3.63, 3.8) is 0 Å². The first-order chi connectivity index (χ1) is 25.9. The molecule has 4 rings (SSSR count). The number of benzene rings is 2. The zero-order valence-corrected chi connectivity index (χ0v) is 32.4. The van der Waals surface area contributed by atoms with E-state index in [4.69, 9.17) is 4.74 Å². The number of amides is 5. The van der Waals surface area contributed by atoms with Gasteiger partial charge in [0.25, 0.3) is 5.91 Å². The number of nitrogens with one attached hydrogen (secondary N) is 3. The molecule has 0 radical (unpaired) electrons. The Morgan fingerprint density at radius 1 is 0.889 bits per heavy atom. The molecule has 0 saturated heterocycles. The minimum atomic E-state index is -1.33. The molecule has 2 aromatic carbocycles. The number of carbonyl (C=O) groups excluding carboxylic acids is 4. The summed E-state index contributed by atoms with van der Waals surface area (Å²) in [6.45, 7) is 4.47. The molecule has 3 unspecified atom stereocenters. The van der Waals surface area contributed by atoms with E-state index in [0.29, 0.717) is 30.4 Å². The molecule has 54 heavy (non-hydrogen) atoms. The van der Waals surface area contributed by atoms with E-state index in [1.54, 1.807) is 6.20 Å².